The van der Waals surface area contributed by atoms with Crippen LogP contribution >= 0.6 is 0 Å². The zero-order valence-corrected chi connectivity index (χ0v) is 11.6. The third kappa shape index (κ3) is 3.58. The predicted molar refractivity (Wildman–Crippen MR) is 79.4 cm³/mol. The minimum Gasteiger partial charge on any atom is -0.484 e. The van der Waals surface area contributed by atoms with Gasteiger partial charge >= 0.3 is 0 Å². The van der Waals surface area contributed by atoms with Crippen molar-refractivity contribution in [3.05, 3.63) is 65.2 Å². The molecule has 2 aromatic rings. The molecule has 0 heterocycles. The molecule has 2 aromatic carbocycles. The molecule has 0 fully saturated rings. The van der Waals surface area contributed by atoms with Crippen LogP contribution in [0.5, 0.6) is 5.75 Å². The fourth-order valence-electron chi connectivity index (χ4n) is 2.09. The van der Waals surface area contributed by atoms with Gasteiger partial charge in [0.1, 0.15) is 11.9 Å². The number of ether oxygens (including phenoxy) is 1. The molecule has 2 heteroatoms. The Morgan fingerprint density at radius 1 is 1.11 bits per heavy atom. The predicted octanol–water partition coefficient (Wildman–Crippen LogP) is 3.64. The van der Waals surface area contributed by atoms with Crippen molar-refractivity contribution in [1.82, 2.24) is 0 Å². The summed E-state index contributed by atoms with van der Waals surface area (Å²) < 4.78 is 5.98. The Labute approximate surface area is 115 Å². The first kappa shape index (κ1) is 13.6. The molecule has 19 heavy (non-hydrogen) atoms. The van der Waals surface area contributed by atoms with Gasteiger partial charge in [-0.05, 0) is 36.6 Å². The lowest BCUT2D eigenvalue weighted by atomic mass is 10.1. The van der Waals surface area contributed by atoms with Crippen LogP contribution in [0.4, 0.5) is 0 Å². The molecule has 0 aliphatic rings. The molecular weight excluding hydrogens is 234 g/mol. The molecule has 0 aliphatic carbocycles. The van der Waals surface area contributed by atoms with E-state index in [0.29, 0.717) is 6.54 Å². The highest BCUT2D eigenvalue weighted by Crippen LogP contribution is 2.22. The van der Waals surface area contributed by atoms with Gasteiger partial charge in [-0.25, -0.2) is 0 Å². The van der Waals surface area contributed by atoms with E-state index in [0.717, 1.165) is 17.7 Å². The quantitative estimate of drug-likeness (QED) is 0.885. The summed E-state index contributed by atoms with van der Waals surface area (Å²) in [7, 11) is 0. The van der Waals surface area contributed by atoms with Gasteiger partial charge < -0.3 is 10.5 Å². The maximum absolute atomic E-state index is 5.98. The Kier molecular flexibility index (Phi) is 4.58. The largest absolute Gasteiger partial charge is 0.484 e. The first-order chi connectivity index (χ1) is 9.22. The molecule has 0 saturated heterocycles. The highest BCUT2D eigenvalue weighted by Gasteiger charge is 2.11. The topological polar surface area (TPSA) is 35.2 Å². The smallest absolute Gasteiger partial charge is 0.136 e. The monoisotopic (exact) mass is 255 g/mol. The zero-order chi connectivity index (χ0) is 13.7. The summed E-state index contributed by atoms with van der Waals surface area (Å²) in [4.78, 5) is 0. The lowest BCUT2D eigenvalue weighted by Crippen LogP contribution is -2.18. The average molecular weight is 255 g/mol. The number of hydrogen-bond acceptors (Lipinski definition) is 2. The molecule has 0 radical (unpaired) electrons. The van der Waals surface area contributed by atoms with Gasteiger partial charge in [-0.1, -0.05) is 48.9 Å². The Bertz CT molecular complexity index is 519. The van der Waals surface area contributed by atoms with Crippen LogP contribution in [0.15, 0.2) is 48.5 Å². The minimum atomic E-state index is -0.0904. The summed E-state index contributed by atoms with van der Waals surface area (Å²) in [5.74, 6) is 0.870. The molecule has 0 spiro atoms. The molecule has 2 N–H and O–H groups in total. The van der Waals surface area contributed by atoms with Crippen LogP contribution in [0.2, 0.25) is 0 Å². The van der Waals surface area contributed by atoms with Crippen LogP contribution in [0, 0.1) is 6.92 Å². The third-order valence-corrected chi connectivity index (χ3v) is 3.24. The van der Waals surface area contributed by atoms with Gasteiger partial charge in [-0.2, -0.15) is 0 Å². The maximum Gasteiger partial charge on any atom is 0.136 e. The molecule has 2 nitrogen and oxygen atoms in total. The molecule has 2 rings (SSSR count). The molecule has 0 aromatic heterocycles. The van der Waals surface area contributed by atoms with E-state index in [4.69, 9.17) is 10.5 Å². The summed E-state index contributed by atoms with van der Waals surface area (Å²) in [5, 5.41) is 0. The lowest BCUT2D eigenvalue weighted by Gasteiger charge is -2.18. The van der Waals surface area contributed by atoms with Crippen LogP contribution in [0.1, 0.15) is 29.7 Å². The van der Waals surface area contributed by atoms with Gasteiger partial charge in [0, 0.05) is 6.54 Å². The van der Waals surface area contributed by atoms with Crippen molar-refractivity contribution < 1.29 is 4.74 Å². The van der Waals surface area contributed by atoms with E-state index in [9.17, 15) is 0 Å². The molecule has 0 bridgehead atoms. The fourth-order valence-corrected chi connectivity index (χ4v) is 2.09. The lowest BCUT2D eigenvalue weighted by molar-refractivity contribution is 0.214. The fraction of sp³-hybridized carbons (Fsp3) is 0.294. The van der Waals surface area contributed by atoms with Crippen molar-refractivity contribution in [1.29, 1.82) is 0 Å². The summed E-state index contributed by atoms with van der Waals surface area (Å²) in [6.45, 7) is 4.69. The number of aryl methyl sites for hydroxylation is 2. The normalized spacial score (nSPS) is 12.2. The Morgan fingerprint density at radius 2 is 1.84 bits per heavy atom. The zero-order valence-electron chi connectivity index (χ0n) is 11.6. The SMILES string of the molecule is CCc1ccc(OC(CN)c2cccc(C)c2)cc1. The maximum atomic E-state index is 5.98. The summed E-state index contributed by atoms with van der Waals surface area (Å²) in [6.07, 6.45) is 0.950. The molecule has 0 saturated carbocycles. The summed E-state index contributed by atoms with van der Waals surface area (Å²) in [6, 6.07) is 16.5. The Balaban J connectivity index is 2.14. The van der Waals surface area contributed by atoms with Crippen LogP contribution in [-0.4, -0.2) is 6.54 Å². The van der Waals surface area contributed by atoms with E-state index < -0.39 is 0 Å². The van der Waals surface area contributed by atoms with E-state index >= 15 is 0 Å². The van der Waals surface area contributed by atoms with Gasteiger partial charge in [-0.3, -0.25) is 0 Å². The number of rotatable bonds is 5. The van der Waals surface area contributed by atoms with E-state index in [1.807, 2.05) is 18.2 Å². The van der Waals surface area contributed by atoms with Gasteiger partial charge in [-0.15, -0.1) is 0 Å². The standard InChI is InChI=1S/C17H21NO/c1-3-14-7-9-16(10-8-14)19-17(12-18)15-6-4-5-13(2)11-15/h4-11,17H,3,12,18H2,1-2H3. The average Bonchev–Trinajstić information content (AvgIpc) is 2.45. The molecule has 0 amide bonds. The number of benzene rings is 2. The molecule has 1 atom stereocenters. The van der Waals surface area contributed by atoms with Crippen molar-refractivity contribution >= 4 is 0 Å². The Morgan fingerprint density at radius 3 is 2.42 bits per heavy atom. The first-order valence-electron chi connectivity index (χ1n) is 6.75. The summed E-state index contributed by atoms with van der Waals surface area (Å²) >= 11 is 0. The van der Waals surface area contributed by atoms with Crippen LogP contribution in [0.25, 0.3) is 0 Å². The highest BCUT2D eigenvalue weighted by molar-refractivity contribution is 5.30. The van der Waals surface area contributed by atoms with Gasteiger partial charge in [0.25, 0.3) is 0 Å². The minimum absolute atomic E-state index is 0.0904. The second kappa shape index (κ2) is 6.39. The van der Waals surface area contributed by atoms with Crippen molar-refractivity contribution in [3.63, 3.8) is 0 Å². The van der Waals surface area contributed by atoms with Crippen LogP contribution < -0.4 is 10.5 Å². The van der Waals surface area contributed by atoms with Crippen LogP contribution in [-0.2, 0) is 6.42 Å². The molecule has 100 valence electrons. The third-order valence-electron chi connectivity index (χ3n) is 3.24. The summed E-state index contributed by atoms with van der Waals surface area (Å²) in [5.41, 5.74) is 9.50. The van der Waals surface area contributed by atoms with Crippen molar-refractivity contribution in [2.45, 2.75) is 26.4 Å². The molecular formula is C17H21NO. The molecule has 1 unspecified atom stereocenters. The van der Waals surface area contributed by atoms with Gasteiger partial charge in [0.15, 0.2) is 0 Å². The second-order valence-corrected chi connectivity index (χ2v) is 4.75. The van der Waals surface area contributed by atoms with Gasteiger partial charge in [0.2, 0.25) is 0 Å². The Hall–Kier alpha value is -1.80. The van der Waals surface area contributed by atoms with E-state index in [1.54, 1.807) is 0 Å². The number of hydrogen-bond donors (Lipinski definition) is 1. The van der Waals surface area contributed by atoms with E-state index in [1.165, 1.54) is 11.1 Å². The first-order valence-corrected chi connectivity index (χ1v) is 6.75. The van der Waals surface area contributed by atoms with Crippen LogP contribution in [0.3, 0.4) is 0 Å². The highest BCUT2D eigenvalue weighted by atomic mass is 16.5. The van der Waals surface area contributed by atoms with E-state index in [2.05, 4.69) is 44.2 Å². The molecule has 0 aliphatic heterocycles. The number of nitrogens with two attached hydrogens (primary N) is 1. The van der Waals surface area contributed by atoms with Crippen molar-refractivity contribution in [2.75, 3.05) is 6.54 Å². The van der Waals surface area contributed by atoms with Crippen molar-refractivity contribution in [3.8, 4) is 5.75 Å². The van der Waals surface area contributed by atoms with E-state index in [-0.39, 0.29) is 6.10 Å². The van der Waals surface area contributed by atoms with Gasteiger partial charge in [0.05, 0.1) is 0 Å². The van der Waals surface area contributed by atoms with Crippen molar-refractivity contribution in [2.24, 2.45) is 5.73 Å². The second-order valence-electron chi connectivity index (χ2n) is 4.75.